The van der Waals surface area contributed by atoms with Gasteiger partial charge in [0.05, 0.1) is 0 Å². The molecule has 0 aromatic rings. The van der Waals surface area contributed by atoms with Gasteiger partial charge in [-0.2, -0.15) is 0 Å². The van der Waals surface area contributed by atoms with Gasteiger partial charge in [-0.25, -0.2) is 0 Å². The Labute approximate surface area is 79.0 Å². The van der Waals surface area contributed by atoms with Crippen molar-refractivity contribution in [3.63, 3.8) is 0 Å². The molecule has 1 aliphatic rings. The molecule has 10 heavy (non-hydrogen) atoms. The van der Waals surface area contributed by atoms with Crippen molar-refractivity contribution in [2.75, 3.05) is 0 Å². The van der Waals surface area contributed by atoms with Crippen molar-refractivity contribution in [3.8, 4) is 0 Å². The lowest BCUT2D eigenvalue weighted by Crippen LogP contribution is -2.07. The van der Waals surface area contributed by atoms with Crippen molar-refractivity contribution in [3.05, 3.63) is 22.7 Å². The highest BCUT2D eigenvalue weighted by Gasteiger charge is 2.16. The molecule has 56 valence electrons. The van der Waals surface area contributed by atoms with Crippen LogP contribution in [-0.2, 0) is 0 Å². The lowest BCUT2D eigenvalue weighted by molar-refractivity contribution is 0.706. The van der Waals surface area contributed by atoms with Gasteiger partial charge in [0.15, 0.2) is 0 Å². The zero-order chi connectivity index (χ0) is 7.56. The summed E-state index contributed by atoms with van der Waals surface area (Å²) >= 11 is 14.8. The summed E-state index contributed by atoms with van der Waals surface area (Å²) in [7, 11) is 0. The van der Waals surface area contributed by atoms with E-state index in [0.717, 1.165) is 10.9 Å². The molecule has 3 heteroatoms. The van der Waals surface area contributed by atoms with Crippen LogP contribution in [-0.4, -0.2) is 4.84 Å². The molecule has 0 amide bonds. The van der Waals surface area contributed by atoms with E-state index in [0.29, 0.717) is 0 Å². The van der Waals surface area contributed by atoms with E-state index in [1.807, 2.05) is 18.2 Å². The minimum Gasteiger partial charge on any atom is -0.105 e. The first-order valence-corrected chi connectivity index (χ1v) is 4.68. The fourth-order valence-corrected chi connectivity index (χ4v) is 1.71. The van der Waals surface area contributed by atoms with Gasteiger partial charge in [0.2, 0.25) is 0 Å². The van der Waals surface area contributed by atoms with Crippen molar-refractivity contribution in [2.45, 2.75) is 11.3 Å². The summed E-state index contributed by atoms with van der Waals surface area (Å²) in [6.07, 6.45) is 6.91. The summed E-state index contributed by atoms with van der Waals surface area (Å²) in [5.41, 5.74) is 0. The van der Waals surface area contributed by atoms with Gasteiger partial charge < -0.3 is 0 Å². The van der Waals surface area contributed by atoms with Crippen LogP contribution in [0.5, 0.6) is 0 Å². The molecule has 0 nitrogen and oxygen atoms in total. The van der Waals surface area contributed by atoms with Gasteiger partial charge in [0.1, 0.15) is 4.84 Å². The highest BCUT2D eigenvalue weighted by atomic mass is 79.9. The third-order valence-electron chi connectivity index (χ3n) is 1.39. The molecule has 0 N–H and O–H groups in total. The maximum atomic E-state index is 5.69. The topological polar surface area (TPSA) is 0 Å². The second-order valence-electron chi connectivity index (χ2n) is 2.20. The summed E-state index contributed by atoms with van der Waals surface area (Å²) < 4.78 is 1.16. The van der Waals surface area contributed by atoms with Crippen LogP contribution in [0.25, 0.3) is 0 Å². The molecule has 0 fully saturated rings. The smallest absolute Gasteiger partial charge is 0.105 e. The Morgan fingerprint density at radius 2 is 2.30 bits per heavy atom. The number of hydrogen-bond donors (Lipinski definition) is 0. The van der Waals surface area contributed by atoms with Crippen LogP contribution in [0, 0.1) is 5.92 Å². The first kappa shape index (κ1) is 8.63. The molecule has 0 spiro atoms. The average molecular weight is 242 g/mol. The Hall–Kier alpha value is 0.540. The third kappa shape index (κ3) is 2.30. The minimum atomic E-state index is -0.294. The second kappa shape index (κ2) is 3.80. The molecule has 0 aromatic carbocycles. The monoisotopic (exact) mass is 240 g/mol. The van der Waals surface area contributed by atoms with Crippen molar-refractivity contribution in [1.29, 1.82) is 0 Å². The van der Waals surface area contributed by atoms with E-state index in [2.05, 4.69) is 15.9 Å². The molecule has 0 aliphatic heterocycles. The fourth-order valence-electron chi connectivity index (χ4n) is 0.837. The van der Waals surface area contributed by atoms with Gasteiger partial charge in [0.25, 0.3) is 0 Å². The van der Waals surface area contributed by atoms with Gasteiger partial charge in [-0.05, 0) is 10.9 Å². The maximum absolute atomic E-state index is 5.69. The zero-order valence-electron chi connectivity index (χ0n) is 5.23. The molecule has 0 saturated heterocycles. The van der Waals surface area contributed by atoms with E-state index in [-0.39, 0.29) is 10.8 Å². The number of rotatable bonds is 1. The van der Waals surface area contributed by atoms with Crippen LogP contribution in [0.3, 0.4) is 0 Å². The average Bonchev–Trinajstić information content (AvgIpc) is 1.88. The quantitative estimate of drug-likeness (QED) is 0.615. The lowest BCUT2D eigenvalue weighted by Gasteiger charge is -2.15. The number of hydrogen-bond acceptors (Lipinski definition) is 0. The number of allylic oxidation sites excluding steroid dienone is 4. The van der Waals surface area contributed by atoms with Gasteiger partial charge >= 0.3 is 0 Å². The Morgan fingerprint density at radius 3 is 2.70 bits per heavy atom. The van der Waals surface area contributed by atoms with Crippen LogP contribution in [0.2, 0.25) is 0 Å². The van der Waals surface area contributed by atoms with Gasteiger partial charge in [-0.1, -0.05) is 34.2 Å². The molecule has 0 saturated carbocycles. The minimum absolute atomic E-state index is 0.266. The van der Waals surface area contributed by atoms with Crippen molar-refractivity contribution >= 4 is 39.1 Å². The van der Waals surface area contributed by atoms with Crippen LogP contribution in [0.15, 0.2) is 22.7 Å². The van der Waals surface area contributed by atoms with Crippen molar-refractivity contribution in [2.24, 2.45) is 5.92 Å². The first-order chi connectivity index (χ1) is 4.70. The van der Waals surface area contributed by atoms with Crippen LogP contribution in [0.4, 0.5) is 0 Å². The van der Waals surface area contributed by atoms with E-state index < -0.39 is 0 Å². The highest BCUT2D eigenvalue weighted by molar-refractivity contribution is 9.11. The molecule has 0 heterocycles. The molecule has 1 atom stereocenters. The summed E-state index contributed by atoms with van der Waals surface area (Å²) in [5, 5.41) is 0. The van der Waals surface area contributed by atoms with Gasteiger partial charge in [-0.3, -0.25) is 0 Å². The molecular formula is C7H7BrCl2. The van der Waals surface area contributed by atoms with Crippen LogP contribution >= 0.6 is 39.1 Å². The largest absolute Gasteiger partial charge is 0.114 e. The first-order valence-electron chi connectivity index (χ1n) is 3.01. The standard InChI is InChI=1S/C7H7BrCl2/c8-6-3-1-2-5(4-6)7(9)10/h1-3,5,7H,4H2. The van der Waals surface area contributed by atoms with E-state index in [1.165, 1.54) is 0 Å². The molecule has 1 aliphatic carbocycles. The third-order valence-corrected chi connectivity index (χ3v) is 2.63. The summed E-state index contributed by atoms with van der Waals surface area (Å²) in [6, 6.07) is 0. The van der Waals surface area contributed by atoms with Crippen molar-refractivity contribution in [1.82, 2.24) is 0 Å². The second-order valence-corrected chi connectivity index (χ2v) is 4.38. The van der Waals surface area contributed by atoms with Crippen LogP contribution < -0.4 is 0 Å². The summed E-state index contributed by atoms with van der Waals surface area (Å²) in [5.74, 6) is 0.266. The molecule has 1 unspecified atom stereocenters. The predicted molar refractivity (Wildman–Crippen MR) is 49.8 cm³/mol. The zero-order valence-corrected chi connectivity index (χ0v) is 8.33. The Balaban J connectivity index is 2.55. The molecular weight excluding hydrogens is 235 g/mol. The highest BCUT2D eigenvalue weighted by Crippen LogP contribution is 2.29. The molecule has 0 aromatic heterocycles. The SMILES string of the molecule is ClC(Cl)C1C=CC=C(Br)C1. The van der Waals surface area contributed by atoms with E-state index >= 15 is 0 Å². The predicted octanol–water partition coefficient (Wildman–Crippen LogP) is 3.65. The van der Waals surface area contributed by atoms with E-state index in [9.17, 15) is 0 Å². The van der Waals surface area contributed by atoms with E-state index in [1.54, 1.807) is 0 Å². The summed E-state index contributed by atoms with van der Waals surface area (Å²) in [6.45, 7) is 0. The van der Waals surface area contributed by atoms with Gasteiger partial charge in [0, 0.05) is 5.92 Å². The maximum Gasteiger partial charge on any atom is 0.114 e. The number of halogens is 3. The molecule has 0 bridgehead atoms. The molecule has 1 rings (SSSR count). The lowest BCUT2D eigenvalue weighted by atomic mass is 10.0. The normalized spacial score (nSPS) is 25.2. The van der Waals surface area contributed by atoms with Crippen molar-refractivity contribution < 1.29 is 0 Å². The van der Waals surface area contributed by atoms with E-state index in [4.69, 9.17) is 23.2 Å². The molecule has 0 radical (unpaired) electrons. The van der Waals surface area contributed by atoms with Gasteiger partial charge in [-0.15, -0.1) is 23.2 Å². The summed E-state index contributed by atoms with van der Waals surface area (Å²) in [4.78, 5) is -0.294. The Bertz CT molecular complexity index is 172. The fraction of sp³-hybridized carbons (Fsp3) is 0.429. The Morgan fingerprint density at radius 1 is 1.60 bits per heavy atom. The Kier molecular flexibility index (Phi) is 3.28. The van der Waals surface area contributed by atoms with Crippen LogP contribution in [0.1, 0.15) is 6.42 Å². The number of alkyl halides is 2.